The molecule has 1 aliphatic rings. The summed E-state index contributed by atoms with van der Waals surface area (Å²) in [4.78, 5) is 13.1. The van der Waals surface area contributed by atoms with E-state index in [0.717, 1.165) is 30.0 Å². The highest BCUT2D eigenvalue weighted by molar-refractivity contribution is 5.78. The second-order valence-corrected chi connectivity index (χ2v) is 4.18. The highest BCUT2D eigenvalue weighted by Crippen LogP contribution is 2.31. The quantitative estimate of drug-likeness (QED) is 0.701. The number of hydrogen-bond acceptors (Lipinski definition) is 2. The van der Waals surface area contributed by atoms with Crippen molar-refractivity contribution >= 4 is 12.0 Å². The van der Waals surface area contributed by atoms with E-state index < -0.39 is 0 Å². The summed E-state index contributed by atoms with van der Waals surface area (Å²) in [7, 11) is 0. The van der Waals surface area contributed by atoms with Crippen molar-refractivity contribution in [3.05, 3.63) is 29.3 Å². The van der Waals surface area contributed by atoms with Crippen molar-refractivity contribution in [1.82, 2.24) is 0 Å². The van der Waals surface area contributed by atoms with Gasteiger partial charge in [-0.2, -0.15) is 0 Å². The van der Waals surface area contributed by atoms with Crippen LogP contribution in [0.1, 0.15) is 35.7 Å². The maximum absolute atomic E-state index is 10.7. The van der Waals surface area contributed by atoms with E-state index in [1.807, 2.05) is 13.0 Å². The molecule has 0 bridgehead atoms. The first-order valence-corrected chi connectivity index (χ1v) is 5.58. The molecule has 0 spiro atoms. The lowest BCUT2D eigenvalue weighted by molar-refractivity contribution is 0.112. The van der Waals surface area contributed by atoms with Gasteiger partial charge in [0.2, 0.25) is 0 Å². The number of benzene rings is 1. The van der Waals surface area contributed by atoms with Crippen LogP contribution in [0.5, 0.6) is 0 Å². The average molecular weight is 203 g/mol. The number of carbonyl (C=O) groups is 1. The first-order valence-electron chi connectivity index (χ1n) is 5.58. The van der Waals surface area contributed by atoms with E-state index >= 15 is 0 Å². The molecule has 0 heterocycles. The fourth-order valence-electron chi connectivity index (χ4n) is 2.01. The molecule has 0 atom stereocenters. The van der Waals surface area contributed by atoms with Crippen LogP contribution in [0, 0.1) is 6.92 Å². The molecular formula is C13H17NO. The van der Waals surface area contributed by atoms with Gasteiger partial charge in [-0.15, -0.1) is 0 Å². The van der Waals surface area contributed by atoms with Crippen LogP contribution in [0.3, 0.4) is 0 Å². The molecule has 0 aliphatic heterocycles. The summed E-state index contributed by atoms with van der Waals surface area (Å²) in [6.45, 7) is 5.22. The SMILES string of the molecule is CCN(c1ccc(C=O)c(C)c1)C1CC1. The molecule has 80 valence electrons. The molecule has 2 nitrogen and oxygen atoms in total. The molecule has 0 N–H and O–H groups in total. The summed E-state index contributed by atoms with van der Waals surface area (Å²) < 4.78 is 0. The van der Waals surface area contributed by atoms with Crippen LogP contribution >= 0.6 is 0 Å². The molecule has 0 radical (unpaired) electrons. The molecule has 1 aliphatic carbocycles. The summed E-state index contributed by atoms with van der Waals surface area (Å²) in [5.41, 5.74) is 3.12. The number of aryl methyl sites for hydroxylation is 1. The molecule has 0 aromatic heterocycles. The first kappa shape index (κ1) is 10.2. The Morgan fingerprint density at radius 3 is 2.67 bits per heavy atom. The van der Waals surface area contributed by atoms with Gasteiger partial charge in [0.1, 0.15) is 6.29 Å². The Morgan fingerprint density at radius 2 is 2.20 bits per heavy atom. The van der Waals surface area contributed by atoms with E-state index in [-0.39, 0.29) is 0 Å². The van der Waals surface area contributed by atoms with Gasteiger partial charge in [0, 0.05) is 23.8 Å². The van der Waals surface area contributed by atoms with Gasteiger partial charge < -0.3 is 4.90 Å². The van der Waals surface area contributed by atoms with E-state index in [1.54, 1.807) is 0 Å². The van der Waals surface area contributed by atoms with E-state index in [0.29, 0.717) is 0 Å². The monoisotopic (exact) mass is 203 g/mol. The van der Waals surface area contributed by atoms with Crippen LogP contribution in [0.15, 0.2) is 18.2 Å². The molecule has 1 aromatic rings. The lowest BCUT2D eigenvalue weighted by Crippen LogP contribution is -2.24. The summed E-state index contributed by atoms with van der Waals surface area (Å²) in [5, 5.41) is 0. The molecule has 0 amide bonds. The van der Waals surface area contributed by atoms with E-state index in [1.165, 1.54) is 18.5 Å². The highest BCUT2D eigenvalue weighted by atomic mass is 16.1. The third kappa shape index (κ3) is 2.04. The third-order valence-electron chi connectivity index (χ3n) is 3.04. The molecule has 15 heavy (non-hydrogen) atoms. The fourth-order valence-corrected chi connectivity index (χ4v) is 2.01. The minimum Gasteiger partial charge on any atom is -0.369 e. The minimum absolute atomic E-state index is 0.733. The maximum Gasteiger partial charge on any atom is 0.150 e. The maximum atomic E-state index is 10.7. The van der Waals surface area contributed by atoms with Gasteiger partial charge in [0.15, 0.2) is 0 Å². The summed E-state index contributed by atoms with van der Waals surface area (Å²) in [5.74, 6) is 0. The van der Waals surface area contributed by atoms with E-state index in [2.05, 4.69) is 24.0 Å². The Bertz CT molecular complexity index is 369. The van der Waals surface area contributed by atoms with Crippen LogP contribution < -0.4 is 4.90 Å². The van der Waals surface area contributed by atoms with Crippen molar-refractivity contribution in [2.45, 2.75) is 32.7 Å². The Labute approximate surface area is 90.9 Å². The van der Waals surface area contributed by atoms with Gasteiger partial charge >= 0.3 is 0 Å². The number of aldehydes is 1. The Balaban J connectivity index is 2.27. The van der Waals surface area contributed by atoms with Gasteiger partial charge in [-0.1, -0.05) is 0 Å². The molecule has 1 aromatic carbocycles. The van der Waals surface area contributed by atoms with Crippen molar-refractivity contribution in [1.29, 1.82) is 0 Å². The predicted molar refractivity (Wildman–Crippen MR) is 62.6 cm³/mol. The zero-order valence-electron chi connectivity index (χ0n) is 9.36. The van der Waals surface area contributed by atoms with Crippen LogP contribution in [0.4, 0.5) is 5.69 Å². The van der Waals surface area contributed by atoms with Crippen molar-refractivity contribution in [3.8, 4) is 0 Å². The van der Waals surface area contributed by atoms with Gasteiger partial charge in [0.25, 0.3) is 0 Å². The molecule has 2 rings (SSSR count). The number of rotatable bonds is 4. The molecule has 1 saturated carbocycles. The summed E-state index contributed by atoms with van der Waals surface area (Å²) in [6.07, 6.45) is 3.54. The van der Waals surface area contributed by atoms with Crippen LogP contribution in [-0.2, 0) is 0 Å². The van der Waals surface area contributed by atoms with Gasteiger partial charge in [0.05, 0.1) is 0 Å². The number of anilines is 1. The average Bonchev–Trinajstić information content (AvgIpc) is 3.03. The smallest absolute Gasteiger partial charge is 0.150 e. The van der Waals surface area contributed by atoms with Gasteiger partial charge in [-0.05, 0) is 50.5 Å². The molecule has 2 heteroatoms. The van der Waals surface area contributed by atoms with Gasteiger partial charge in [-0.25, -0.2) is 0 Å². The number of nitrogens with zero attached hydrogens (tertiary/aromatic N) is 1. The van der Waals surface area contributed by atoms with Crippen LogP contribution in [0.25, 0.3) is 0 Å². The molecule has 0 unspecified atom stereocenters. The van der Waals surface area contributed by atoms with Crippen LogP contribution in [0.2, 0.25) is 0 Å². The zero-order chi connectivity index (χ0) is 10.8. The first-order chi connectivity index (χ1) is 7.26. The minimum atomic E-state index is 0.733. The summed E-state index contributed by atoms with van der Waals surface area (Å²) in [6, 6.07) is 6.82. The topological polar surface area (TPSA) is 20.3 Å². The van der Waals surface area contributed by atoms with Crippen molar-refractivity contribution in [2.24, 2.45) is 0 Å². The van der Waals surface area contributed by atoms with Crippen molar-refractivity contribution in [3.63, 3.8) is 0 Å². The highest BCUT2D eigenvalue weighted by Gasteiger charge is 2.28. The molecule has 1 fully saturated rings. The summed E-state index contributed by atoms with van der Waals surface area (Å²) >= 11 is 0. The fraction of sp³-hybridized carbons (Fsp3) is 0.462. The largest absolute Gasteiger partial charge is 0.369 e. The Hall–Kier alpha value is -1.31. The number of carbonyl (C=O) groups excluding carboxylic acids is 1. The standard InChI is InChI=1S/C13H17NO/c1-3-14(12-6-7-12)13-5-4-11(9-15)10(2)8-13/h4-5,8-9,12H,3,6-7H2,1-2H3. The van der Waals surface area contributed by atoms with E-state index in [4.69, 9.17) is 0 Å². The third-order valence-corrected chi connectivity index (χ3v) is 3.04. The van der Waals surface area contributed by atoms with Crippen molar-refractivity contribution in [2.75, 3.05) is 11.4 Å². The van der Waals surface area contributed by atoms with Gasteiger partial charge in [-0.3, -0.25) is 4.79 Å². The Kier molecular flexibility index (Phi) is 2.76. The molecular weight excluding hydrogens is 186 g/mol. The lowest BCUT2D eigenvalue weighted by Gasteiger charge is -2.23. The normalized spacial score (nSPS) is 15.1. The Morgan fingerprint density at radius 1 is 1.47 bits per heavy atom. The predicted octanol–water partition coefficient (Wildman–Crippen LogP) is 2.80. The molecule has 0 saturated heterocycles. The van der Waals surface area contributed by atoms with Crippen molar-refractivity contribution < 1.29 is 4.79 Å². The second-order valence-electron chi connectivity index (χ2n) is 4.18. The lowest BCUT2D eigenvalue weighted by atomic mass is 10.1. The van der Waals surface area contributed by atoms with E-state index in [9.17, 15) is 4.79 Å². The number of hydrogen-bond donors (Lipinski definition) is 0. The van der Waals surface area contributed by atoms with Crippen LogP contribution in [-0.4, -0.2) is 18.9 Å². The zero-order valence-corrected chi connectivity index (χ0v) is 9.36. The second kappa shape index (κ2) is 4.05.